The van der Waals surface area contributed by atoms with Crippen molar-refractivity contribution < 1.29 is 13.7 Å². The molecule has 0 fully saturated rings. The minimum Gasteiger partial charge on any atom is -0.447 e. The molecular weight excluding hydrogens is 446 g/mol. The quantitative estimate of drug-likeness (QED) is 0.413. The van der Waals surface area contributed by atoms with Crippen molar-refractivity contribution in [2.45, 2.75) is 40.8 Å². The van der Waals surface area contributed by atoms with E-state index in [1.807, 2.05) is 50.3 Å². The molecule has 0 aliphatic carbocycles. The zero-order valence-electron chi connectivity index (χ0n) is 19.9. The van der Waals surface area contributed by atoms with E-state index in [2.05, 4.69) is 41.5 Å². The van der Waals surface area contributed by atoms with Crippen molar-refractivity contribution in [2.24, 2.45) is 0 Å². The lowest BCUT2D eigenvalue weighted by Gasteiger charge is -2.16. The smallest absolute Gasteiger partial charge is 0.377 e. The fourth-order valence-electron chi connectivity index (χ4n) is 4.49. The van der Waals surface area contributed by atoms with E-state index in [1.165, 1.54) is 16.7 Å². The molecule has 4 aromatic rings. The second-order valence-electron chi connectivity index (χ2n) is 8.11. The minimum absolute atomic E-state index is 0.00839. The molecular formula is C27H28N3O3S+. The summed E-state index contributed by atoms with van der Waals surface area (Å²) in [7, 11) is 0. The Balaban J connectivity index is 1.67. The van der Waals surface area contributed by atoms with E-state index < -0.39 is 0 Å². The van der Waals surface area contributed by atoms with Crippen molar-refractivity contribution in [2.75, 3.05) is 6.54 Å². The lowest BCUT2D eigenvalue weighted by atomic mass is 10.1. The molecule has 5 rings (SSSR count). The highest BCUT2D eigenvalue weighted by atomic mass is 32.1. The molecule has 0 unspecified atom stereocenters. The third kappa shape index (κ3) is 3.66. The van der Waals surface area contributed by atoms with Gasteiger partial charge < -0.3 is 14.1 Å². The van der Waals surface area contributed by atoms with Gasteiger partial charge in [-0.05, 0) is 51.3 Å². The molecule has 1 aliphatic rings. The topological polar surface area (TPSA) is 51.5 Å². The number of nitrogens with zero attached hydrogens (tertiary/aromatic N) is 3. The number of rotatable bonds is 5. The lowest BCUT2D eigenvalue weighted by molar-refractivity contribution is -0.673. The van der Waals surface area contributed by atoms with Crippen LogP contribution in [0.2, 0.25) is 0 Å². The first kappa shape index (κ1) is 22.2. The number of aryl methyl sites for hydroxylation is 1. The van der Waals surface area contributed by atoms with Crippen molar-refractivity contribution >= 4 is 45.4 Å². The van der Waals surface area contributed by atoms with E-state index in [1.54, 1.807) is 10.8 Å². The van der Waals surface area contributed by atoms with Gasteiger partial charge in [0.2, 0.25) is 5.58 Å². The van der Waals surface area contributed by atoms with Crippen LogP contribution in [-0.2, 0) is 17.8 Å². The Hall–Kier alpha value is -3.58. The van der Waals surface area contributed by atoms with E-state index in [0.29, 0.717) is 11.1 Å². The highest BCUT2D eigenvalue weighted by Crippen LogP contribution is 2.25. The van der Waals surface area contributed by atoms with E-state index >= 15 is 0 Å². The molecule has 0 atom stereocenters. The van der Waals surface area contributed by atoms with E-state index in [-0.39, 0.29) is 5.56 Å². The van der Waals surface area contributed by atoms with Crippen LogP contribution >= 0.6 is 11.3 Å². The van der Waals surface area contributed by atoms with Crippen LogP contribution in [0.3, 0.4) is 0 Å². The fraction of sp³-hybridized carbons (Fsp3) is 0.259. The molecule has 0 bridgehead atoms. The molecule has 174 valence electrons. The SMILES string of the molecule is CCN1C(C)=CO/C1=C\C=c1\s/c(=C\c2oc3ccc4ccccc4c3[n+]2CC)n(CC)c1=O. The molecule has 3 heterocycles. The number of oxazole rings is 1. The normalized spacial score (nSPS) is 16.3. The number of ether oxygens (including phenoxy) is 1. The summed E-state index contributed by atoms with van der Waals surface area (Å²) in [4.78, 5) is 15.2. The third-order valence-electron chi connectivity index (χ3n) is 6.17. The van der Waals surface area contributed by atoms with Crippen LogP contribution in [0.1, 0.15) is 33.6 Å². The summed E-state index contributed by atoms with van der Waals surface area (Å²) in [6.45, 7) is 10.3. The number of thiazole rings is 1. The van der Waals surface area contributed by atoms with Gasteiger partial charge in [-0.25, -0.2) is 0 Å². The van der Waals surface area contributed by atoms with Gasteiger partial charge in [0.1, 0.15) is 17.5 Å². The van der Waals surface area contributed by atoms with Crippen molar-refractivity contribution in [3.05, 3.63) is 85.8 Å². The molecule has 0 N–H and O–H groups in total. The van der Waals surface area contributed by atoms with Crippen LogP contribution < -0.4 is 19.3 Å². The Morgan fingerprint density at radius 2 is 1.88 bits per heavy atom. The number of fused-ring (bicyclic) bond motifs is 3. The molecule has 0 spiro atoms. The van der Waals surface area contributed by atoms with Crippen LogP contribution in [0, 0.1) is 0 Å². The van der Waals surface area contributed by atoms with Gasteiger partial charge in [-0.1, -0.05) is 24.3 Å². The molecule has 34 heavy (non-hydrogen) atoms. The fourth-order valence-corrected chi connectivity index (χ4v) is 5.53. The maximum atomic E-state index is 13.1. The molecule has 0 saturated heterocycles. The van der Waals surface area contributed by atoms with Gasteiger partial charge in [-0.3, -0.25) is 9.36 Å². The van der Waals surface area contributed by atoms with Gasteiger partial charge in [0.15, 0.2) is 5.88 Å². The monoisotopic (exact) mass is 474 g/mol. The molecule has 0 amide bonds. The Bertz CT molecular complexity index is 1640. The summed E-state index contributed by atoms with van der Waals surface area (Å²) in [6.07, 6.45) is 7.43. The highest BCUT2D eigenvalue weighted by molar-refractivity contribution is 7.07. The van der Waals surface area contributed by atoms with Crippen LogP contribution in [0.25, 0.3) is 34.0 Å². The summed E-state index contributed by atoms with van der Waals surface area (Å²) in [5.41, 5.74) is 2.96. The number of aromatic nitrogens is 2. The van der Waals surface area contributed by atoms with Gasteiger partial charge >= 0.3 is 5.89 Å². The van der Waals surface area contributed by atoms with Crippen LogP contribution in [0.15, 0.2) is 69.5 Å². The third-order valence-corrected chi connectivity index (χ3v) is 7.24. The van der Waals surface area contributed by atoms with Gasteiger partial charge in [0.05, 0.1) is 21.7 Å². The Kier molecular flexibility index (Phi) is 5.87. The standard InChI is InChI=1S/C27H28N3O3S/c1-5-28-18(4)17-32-23(28)15-14-22-27(31)30(7-3)25(34-22)16-24-29(6-2)26-20-11-9-8-10-19(20)12-13-21(26)33-24/h8-17H,5-7H2,1-4H3/q+1/b22-14+,23-15-. The van der Waals surface area contributed by atoms with Crippen molar-refractivity contribution in [1.82, 2.24) is 9.47 Å². The predicted octanol–water partition coefficient (Wildman–Crippen LogP) is 3.80. The summed E-state index contributed by atoms with van der Waals surface area (Å²) >= 11 is 1.46. The Morgan fingerprint density at radius 1 is 1.06 bits per heavy atom. The zero-order chi connectivity index (χ0) is 23.8. The largest absolute Gasteiger partial charge is 0.447 e. The van der Waals surface area contributed by atoms with Crippen molar-refractivity contribution in [3.8, 4) is 0 Å². The number of hydrogen-bond acceptors (Lipinski definition) is 5. The van der Waals surface area contributed by atoms with E-state index in [9.17, 15) is 4.79 Å². The molecule has 0 radical (unpaired) electrons. The average Bonchev–Trinajstić information content (AvgIpc) is 3.49. The summed E-state index contributed by atoms with van der Waals surface area (Å²) in [5.74, 6) is 1.47. The highest BCUT2D eigenvalue weighted by Gasteiger charge is 2.22. The minimum atomic E-state index is -0.00839. The van der Waals surface area contributed by atoms with Crippen LogP contribution in [0.5, 0.6) is 0 Å². The van der Waals surface area contributed by atoms with Gasteiger partial charge in [-0.15, -0.1) is 11.3 Å². The number of hydrogen-bond donors (Lipinski definition) is 0. The van der Waals surface area contributed by atoms with E-state index in [4.69, 9.17) is 9.15 Å². The first-order valence-electron chi connectivity index (χ1n) is 11.6. The second kappa shape index (κ2) is 8.99. The number of benzene rings is 2. The summed E-state index contributed by atoms with van der Waals surface area (Å²) in [5, 5.41) is 2.34. The van der Waals surface area contributed by atoms with Crippen molar-refractivity contribution in [3.63, 3.8) is 0 Å². The van der Waals surface area contributed by atoms with E-state index in [0.717, 1.165) is 51.7 Å². The maximum Gasteiger partial charge on any atom is 0.377 e. The van der Waals surface area contributed by atoms with Crippen molar-refractivity contribution in [1.29, 1.82) is 0 Å². The predicted molar refractivity (Wildman–Crippen MR) is 136 cm³/mol. The maximum absolute atomic E-state index is 13.1. The second-order valence-corrected chi connectivity index (χ2v) is 9.17. The Labute approximate surface area is 201 Å². The Morgan fingerprint density at radius 3 is 2.65 bits per heavy atom. The lowest BCUT2D eigenvalue weighted by Crippen LogP contribution is -2.35. The number of allylic oxidation sites excluding steroid dienone is 2. The molecule has 6 nitrogen and oxygen atoms in total. The molecule has 2 aromatic carbocycles. The molecule has 1 aliphatic heterocycles. The molecule has 2 aromatic heterocycles. The van der Waals surface area contributed by atoms with Gasteiger partial charge in [-0.2, -0.15) is 4.57 Å². The average molecular weight is 475 g/mol. The van der Waals surface area contributed by atoms with Crippen LogP contribution in [-0.4, -0.2) is 16.0 Å². The van der Waals surface area contributed by atoms with Gasteiger partial charge in [0.25, 0.3) is 11.1 Å². The van der Waals surface area contributed by atoms with Gasteiger partial charge in [0, 0.05) is 19.2 Å². The summed E-state index contributed by atoms with van der Waals surface area (Å²) in [6, 6.07) is 12.4. The first-order chi connectivity index (χ1) is 16.5. The summed E-state index contributed by atoms with van der Waals surface area (Å²) < 4.78 is 17.4. The molecule has 7 heteroatoms. The first-order valence-corrected chi connectivity index (χ1v) is 12.5. The van der Waals surface area contributed by atoms with Crippen LogP contribution in [0.4, 0.5) is 0 Å². The molecule has 0 saturated carbocycles. The zero-order valence-corrected chi connectivity index (χ0v) is 20.7.